The lowest BCUT2D eigenvalue weighted by molar-refractivity contribution is 0.404. The molecule has 0 N–H and O–H groups in total. The molecule has 1 atom stereocenters. The van der Waals surface area contributed by atoms with Crippen molar-refractivity contribution in [1.29, 1.82) is 0 Å². The van der Waals surface area contributed by atoms with E-state index in [2.05, 4.69) is 6.58 Å². The summed E-state index contributed by atoms with van der Waals surface area (Å²) in [6.45, 7) is 4.24. The normalized spacial score (nSPS) is 30.9. The highest BCUT2D eigenvalue weighted by Gasteiger charge is 2.11. The van der Waals surface area contributed by atoms with Crippen molar-refractivity contribution in [1.82, 2.24) is 5.06 Å². The molecule has 0 spiro atoms. The highest BCUT2D eigenvalue weighted by molar-refractivity contribution is 4.92. The summed E-state index contributed by atoms with van der Waals surface area (Å²) >= 11 is 0. The third kappa shape index (κ3) is 0.904. The van der Waals surface area contributed by atoms with Crippen molar-refractivity contribution in [3.63, 3.8) is 0 Å². The molecule has 1 heterocycles. The second-order valence-electron chi connectivity index (χ2n) is 2.09. The summed E-state index contributed by atoms with van der Waals surface area (Å²) in [5.41, 5.74) is 0. The van der Waals surface area contributed by atoms with Gasteiger partial charge in [0.05, 0.1) is 0 Å². The highest BCUT2D eigenvalue weighted by atomic mass is 16.5. The fourth-order valence-corrected chi connectivity index (χ4v) is 1.00. The quantitative estimate of drug-likeness (QED) is 0.475. The molecule has 8 heavy (non-hydrogen) atoms. The van der Waals surface area contributed by atoms with E-state index in [1.54, 1.807) is 6.08 Å². The van der Waals surface area contributed by atoms with Crippen LogP contribution >= 0.6 is 0 Å². The Balaban J connectivity index is 2.41. The molecule has 2 heteroatoms. The molecule has 1 saturated heterocycles. The lowest BCUT2D eigenvalue weighted by Crippen LogP contribution is -2.19. The largest absolute Gasteiger partial charge is 0.785 e. The van der Waals surface area contributed by atoms with Gasteiger partial charge < -0.3 is 10.3 Å². The number of hydroxylamine groups is 2. The molecule has 1 aliphatic heterocycles. The Hall–Kier alpha value is -0.340. The maximum absolute atomic E-state index is 10.7. The molecule has 0 radical (unpaired) electrons. The van der Waals surface area contributed by atoms with Crippen LogP contribution in [-0.2, 0) is 0 Å². The molecular weight excluding hydrogens is 102 g/mol. The number of hydrogen-bond acceptors (Lipinski definition) is 2. The predicted molar refractivity (Wildman–Crippen MR) is 33.3 cm³/mol. The van der Waals surface area contributed by atoms with Crippen molar-refractivity contribution in [2.45, 2.75) is 18.9 Å². The molecule has 1 aliphatic rings. The average Bonchev–Trinajstić information content (AvgIpc) is 2.14. The van der Waals surface area contributed by atoms with E-state index >= 15 is 0 Å². The van der Waals surface area contributed by atoms with Crippen LogP contribution in [0.25, 0.3) is 0 Å². The van der Waals surface area contributed by atoms with Crippen LogP contribution in [0.1, 0.15) is 12.8 Å². The molecule has 0 aromatic carbocycles. The number of nitrogens with zero attached hydrogens (tertiary/aromatic N) is 1. The van der Waals surface area contributed by atoms with E-state index in [0.29, 0.717) is 6.54 Å². The van der Waals surface area contributed by atoms with E-state index in [9.17, 15) is 5.21 Å². The Labute approximate surface area is 49.4 Å². The van der Waals surface area contributed by atoms with Crippen LogP contribution in [0, 0.1) is 5.21 Å². The zero-order valence-electron chi connectivity index (χ0n) is 4.84. The van der Waals surface area contributed by atoms with Crippen molar-refractivity contribution in [3.8, 4) is 0 Å². The smallest absolute Gasteiger partial charge is 0.0157 e. The highest BCUT2D eigenvalue weighted by Crippen LogP contribution is 2.15. The monoisotopic (exact) mass is 112 g/mol. The first-order valence-electron chi connectivity index (χ1n) is 2.91. The third-order valence-electron chi connectivity index (χ3n) is 1.52. The summed E-state index contributed by atoms with van der Waals surface area (Å²) in [4.78, 5) is 0. The third-order valence-corrected chi connectivity index (χ3v) is 1.52. The van der Waals surface area contributed by atoms with Crippen molar-refractivity contribution in [2.24, 2.45) is 0 Å². The van der Waals surface area contributed by atoms with E-state index < -0.39 is 0 Å². The molecule has 1 unspecified atom stereocenters. The minimum Gasteiger partial charge on any atom is -0.785 e. The second-order valence-corrected chi connectivity index (χ2v) is 2.09. The average molecular weight is 112 g/mol. The summed E-state index contributed by atoms with van der Waals surface area (Å²) in [5, 5.41) is 11.7. The Bertz CT molecular complexity index is 92.5. The Morgan fingerprint density at radius 1 is 1.75 bits per heavy atom. The van der Waals surface area contributed by atoms with Crippen molar-refractivity contribution >= 4 is 0 Å². The van der Waals surface area contributed by atoms with Gasteiger partial charge in [-0.3, -0.25) is 0 Å². The SMILES string of the molecule is C=CC1CCCN1[O-]. The molecular formula is C6H10NO-. The molecule has 0 bridgehead atoms. The first kappa shape index (κ1) is 5.79. The van der Waals surface area contributed by atoms with Gasteiger partial charge in [0.2, 0.25) is 0 Å². The van der Waals surface area contributed by atoms with E-state index in [4.69, 9.17) is 0 Å². The Morgan fingerprint density at radius 2 is 2.50 bits per heavy atom. The minimum absolute atomic E-state index is 0.106. The van der Waals surface area contributed by atoms with Gasteiger partial charge in [-0.15, -0.1) is 6.58 Å². The lowest BCUT2D eigenvalue weighted by atomic mass is 10.2. The maximum Gasteiger partial charge on any atom is 0.0157 e. The van der Waals surface area contributed by atoms with Gasteiger partial charge in [0.25, 0.3) is 0 Å². The first-order valence-corrected chi connectivity index (χ1v) is 2.91. The number of rotatable bonds is 1. The van der Waals surface area contributed by atoms with Gasteiger partial charge in [0.15, 0.2) is 0 Å². The molecule has 1 rings (SSSR count). The summed E-state index contributed by atoms with van der Waals surface area (Å²) in [6.07, 6.45) is 3.74. The fraction of sp³-hybridized carbons (Fsp3) is 0.667. The fourth-order valence-electron chi connectivity index (χ4n) is 1.00. The molecule has 0 saturated carbocycles. The minimum atomic E-state index is 0.106. The van der Waals surface area contributed by atoms with Gasteiger partial charge >= 0.3 is 0 Å². The van der Waals surface area contributed by atoms with Crippen molar-refractivity contribution < 1.29 is 0 Å². The Kier molecular flexibility index (Phi) is 1.65. The van der Waals surface area contributed by atoms with Crippen LogP contribution in [0.4, 0.5) is 0 Å². The topological polar surface area (TPSA) is 26.3 Å². The van der Waals surface area contributed by atoms with Gasteiger partial charge in [-0.25, -0.2) is 0 Å². The molecule has 0 aliphatic carbocycles. The second kappa shape index (κ2) is 2.29. The lowest BCUT2D eigenvalue weighted by Gasteiger charge is -2.26. The van der Waals surface area contributed by atoms with Crippen molar-refractivity contribution in [3.05, 3.63) is 17.9 Å². The molecule has 46 valence electrons. The molecule has 1 fully saturated rings. The van der Waals surface area contributed by atoms with Crippen LogP contribution < -0.4 is 0 Å². The van der Waals surface area contributed by atoms with Crippen LogP contribution in [0.3, 0.4) is 0 Å². The summed E-state index contributed by atoms with van der Waals surface area (Å²) in [5.74, 6) is 0. The van der Waals surface area contributed by atoms with E-state index in [1.165, 1.54) is 0 Å². The predicted octanol–water partition coefficient (Wildman–Crippen LogP) is 1.13. The summed E-state index contributed by atoms with van der Waals surface area (Å²) in [7, 11) is 0. The standard InChI is InChI=1S/C6H10NO/c1-2-6-4-3-5-7(6)8/h2,6H,1,3-5H2/q-1. The van der Waals surface area contributed by atoms with E-state index in [1.807, 2.05) is 0 Å². The van der Waals surface area contributed by atoms with Gasteiger partial charge in [-0.1, -0.05) is 6.08 Å². The van der Waals surface area contributed by atoms with Gasteiger partial charge in [0.1, 0.15) is 0 Å². The van der Waals surface area contributed by atoms with Crippen LogP contribution in [0.15, 0.2) is 12.7 Å². The molecule has 0 aromatic heterocycles. The van der Waals surface area contributed by atoms with Gasteiger partial charge in [-0.05, 0) is 19.4 Å². The van der Waals surface area contributed by atoms with Crippen molar-refractivity contribution in [2.75, 3.05) is 6.54 Å². The molecule has 2 nitrogen and oxygen atoms in total. The van der Waals surface area contributed by atoms with E-state index in [-0.39, 0.29) is 6.04 Å². The molecule has 0 aromatic rings. The van der Waals surface area contributed by atoms with Crippen LogP contribution in [0.5, 0.6) is 0 Å². The van der Waals surface area contributed by atoms with Crippen LogP contribution in [-0.4, -0.2) is 17.6 Å². The summed E-state index contributed by atoms with van der Waals surface area (Å²) in [6, 6.07) is 0.106. The van der Waals surface area contributed by atoms with Gasteiger partial charge in [0, 0.05) is 6.04 Å². The first-order chi connectivity index (χ1) is 3.84. The zero-order valence-corrected chi connectivity index (χ0v) is 4.84. The van der Waals surface area contributed by atoms with Crippen LogP contribution in [0.2, 0.25) is 0 Å². The zero-order chi connectivity index (χ0) is 5.98. The summed E-state index contributed by atoms with van der Waals surface area (Å²) < 4.78 is 0. The number of hydrogen-bond donors (Lipinski definition) is 0. The van der Waals surface area contributed by atoms with E-state index in [0.717, 1.165) is 17.9 Å². The Morgan fingerprint density at radius 3 is 2.75 bits per heavy atom. The maximum atomic E-state index is 10.7. The van der Waals surface area contributed by atoms with Gasteiger partial charge in [-0.2, -0.15) is 0 Å². The molecule has 0 amide bonds.